The Morgan fingerprint density at radius 2 is 1.82 bits per heavy atom. The van der Waals surface area contributed by atoms with Crippen LogP contribution in [0.4, 0.5) is 17.5 Å². The van der Waals surface area contributed by atoms with E-state index in [1.54, 1.807) is 12.3 Å². The number of aryl methyl sites for hydroxylation is 1. The molecule has 0 amide bonds. The van der Waals surface area contributed by atoms with E-state index in [0.717, 1.165) is 24.2 Å². The summed E-state index contributed by atoms with van der Waals surface area (Å²) in [5.74, 6) is 0.832. The molecule has 1 saturated carbocycles. The van der Waals surface area contributed by atoms with E-state index in [1.807, 2.05) is 46.8 Å². The number of anilines is 3. The third-order valence-corrected chi connectivity index (χ3v) is 6.89. The van der Waals surface area contributed by atoms with Gasteiger partial charge in [0.25, 0.3) is 0 Å². The van der Waals surface area contributed by atoms with Crippen LogP contribution in [0.3, 0.4) is 0 Å². The van der Waals surface area contributed by atoms with E-state index in [9.17, 15) is 4.79 Å². The zero-order valence-corrected chi connectivity index (χ0v) is 20.3. The number of benzene rings is 1. The highest BCUT2D eigenvalue weighted by Gasteiger charge is 2.52. The monoisotopic (exact) mass is 452 g/mol. The zero-order chi connectivity index (χ0) is 23.8. The number of rotatable bonds is 6. The number of carbonyl (C=O) groups is 1. The summed E-state index contributed by atoms with van der Waals surface area (Å²) in [6, 6.07) is 5.86. The van der Waals surface area contributed by atoms with E-state index in [-0.39, 0.29) is 0 Å². The molecule has 0 atom stereocenters. The molecule has 0 spiro atoms. The minimum Gasteiger partial charge on any atom is -0.465 e. The van der Waals surface area contributed by atoms with Gasteiger partial charge in [-0.3, -0.25) is 0 Å². The Hall–Kier alpha value is -2.65. The lowest BCUT2D eigenvalue weighted by Gasteiger charge is -2.32. The Bertz CT molecular complexity index is 1020. The van der Waals surface area contributed by atoms with Crippen LogP contribution < -0.4 is 16.1 Å². The minimum atomic E-state index is -0.670. The molecule has 1 aliphatic carbocycles. The molecule has 2 aliphatic rings. The van der Waals surface area contributed by atoms with Gasteiger partial charge in [0.1, 0.15) is 5.82 Å². The van der Waals surface area contributed by atoms with Crippen LogP contribution in [-0.4, -0.2) is 47.4 Å². The van der Waals surface area contributed by atoms with Gasteiger partial charge in [0.15, 0.2) is 0 Å². The van der Waals surface area contributed by atoms with Crippen molar-refractivity contribution in [1.82, 2.24) is 9.97 Å². The van der Waals surface area contributed by atoms with Gasteiger partial charge in [-0.05, 0) is 65.1 Å². The molecule has 0 bridgehead atoms. The molecule has 33 heavy (non-hydrogen) atoms. The van der Waals surface area contributed by atoms with Gasteiger partial charge in [-0.15, -0.1) is 0 Å². The Morgan fingerprint density at radius 3 is 2.45 bits per heavy atom. The average Bonchev–Trinajstić information content (AvgIpc) is 3.35. The van der Waals surface area contributed by atoms with Gasteiger partial charge in [0.05, 0.1) is 23.9 Å². The number of hydrogen-bond donors (Lipinski definition) is 2. The number of ether oxygens (including phenoxy) is 1. The molecule has 9 heteroatoms. The third kappa shape index (κ3) is 4.84. The Morgan fingerprint density at radius 1 is 1.15 bits per heavy atom. The largest absolute Gasteiger partial charge is 0.495 e. The second-order valence-electron chi connectivity index (χ2n) is 9.86. The van der Waals surface area contributed by atoms with Gasteiger partial charge >= 0.3 is 13.1 Å². The molecule has 2 aromatic rings. The quantitative estimate of drug-likeness (QED) is 0.502. The van der Waals surface area contributed by atoms with Crippen molar-refractivity contribution >= 4 is 36.0 Å². The molecular formula is C24H33BN4O4. The summed E-state index contributed by atoms with van der Waals surface area (Å²) < 4.78 is 17.3. The molecule has 0 radical (unpaired) electrons. The molecule has 4 rings (SSSR count). The average molecular weight is 452 g/mol. The van der Waals surface area contributed by atoms with Crippen LogP contribution in [0.2, 0.25) is 0 Å². The zero-order valence-electron chi connectivity index (χ0n) is 20.3. The van der Waals surface area contributed by atoms with Gasteiger partial charge in [0.2, 0.25) is 5.95 Å². The molecule has 1 aliphatic heterocycles. The van der Waals surface area contributed by atoms with Crippen molar-refractivity contribution in [2.45, 2.75) is 77.5 Å². The molecule has 1 saturated heterocycles. The Kier molecular flexibility index (Phi) is 6.38. The first kappa shape index (κ1) is 23.5. The summed E-state index contributed by atoms with van der Waals surface area (Å²) in [5.41, 5.74) is 1.64. The molecule has 0 unspecified atom stereocenters. The smallest absolute Gasteiger partial charge is 0.465 e. The number of carbonyl (C=O) groups excluding carboxylic acids is 1. The van der Waals surface area contributed by atoms with Crippen LogP contribution >= 0.6 is 0 Å². The number of esters is 1. The van der Waals surface area contributed by atoms with Crippen LogP contribution in [0.25, 0.3) is 0 Å². The predicted octanol–water partition coefficient (Wildman–Crippen LogP) is 3.97. The summed E-state index contributed by atoms with van der Waals surface area (Å²) in [6.07, 6.45) is 6.62. The van der Waals surface area contributed by atoms with Gasteiger partial charge < -0.3 is 24.7 Å². The summed E-state index contributed by atoms with van der Waals surface area (Å²) in [6.45, 7) is 9.91. The van der Waals surface area contributed by atoms with Crippen molar-refractivity contribution in [2.75, 3.05) is 17.7 Å². The number of nitrogens with zero attached hydrogens (tertiary/aromatic N) is 2. The fourth-order valence-corrected chi connectivity index (χ4v) is 4.14. The molecule has 2 heterocycles. The fraction of sp³-hybridized carbons (Fsp3) is 0.542. The summed E-state index contributed by atoms with van der Waals surface area (Å²) in [7, 11) is 0.691. The van der Waals surface area contributed by atoms with Crippen molar-refractivity contribution in [3.05, 3.63) is 35.5 Å². The summed E-state index contributed by atoms with van der Waals surface area (Å²) >= 11 is 0. The summed E-state index contributed by atoms with van der Waals surface area (Å²) in [4.78, 5) is 21.7. The maximum absolute atomic E-state index is 12.6. The second-order valence-corrected chi connectivity index (χ2v) is 9.86. The standard InChI is InChI=1S/C24H33BN4O4/c1-15-14-26-22(29-20(15)27-16-9-7-8-10-16)28-17-11-12-19(18(13-17)21(30)31-6)25-32-23(2,3)24(4,5)33-25/h11-14,16H,7-10H2,1-6H3,(H2,26,27,28,29). The van der Waals surface area contributed by atoms with Crippen LogP contribution in [0.5, 0.6) is 0 Å². The van der Waals surface area contributed by atoms with Crippen molar-refractivity contribution < 1.29 is 18.8 Å². The van der Waals surface area contributed by atoms with E-state index in [0.29, 0.717) is 28.7 Å². The van der Waals surface area contributed by atoms with E-state index < -0.39 is 24.3 Å². The van der Waals surface area contributed by atoms with Crippen molar-refractivity contribution in [1.29, 1.82) is 0 Å². The lowest BCUT2D eigenvalue weighted by Crippen LogP contribution is -2.41. The molecule has 2 N–H and O–H groups in total. The lowest BCUT2D eigenvalue weighted by atomic mass is 9.75. The molecule has 8 nitrogen and oxygen atoms in total. The number of hydrogen-bond acceptors (Lipinski definition) is 8. The second kappa shape index (κ2) is 8.95. The number of methoxy groups -OCH3 is 1. The highest BCUT2D eigenvalue weighted by molar-refractivity contribution is 6.63. The van der Waals surface area contributed by atoms with Crippen LogP contribution in [-0.2, 0) is 14.0 Å². The van der Waals surface area contributed by atoms with Crippen LogP contribution in [0.15, 0.2) is 24.4 Å². The van der Waals surface area contributed by atoms with Crippen molar-refractivity contribution in [3.63, 3.8) is 0 Å². The summed E-state index contributed by atoms with van der Waals surface area (Å²) in [5, 5.41) is 6.75. The number of nitrogens with one attached hydrogen (secondary N) is 2. The highest BCUT2D eigenvalue weighted by Crippen LogP contribution is 2.37. The Labute approximate surface area is 196 Å². The van der Waals surface area contributed by atoms with Gasteiger partial charge in [-0.1, -0.05) is 18.9 Å². The topological polar surface area (TPSA) is 94.6 Å². The minimum absolute atomic E-state index is 0.373. The van der Waals surface area contributed by atoms with Crippen molar-refractivity contribution in [2.24, 2.45) is 0 Å². The van der Waals surface area contributed by atoms with E-state index in [2.05, 4.69) is 20.6 Å². The first-order chi connectivity index (χ1) is 15.6. The molecule has 2 fully saturated rings. The normalized spacial score (nSPS) is 19.5. The molecule has 176 valence electrons. The fourth-order valence-electron chi connectivity index (χ4n) is 4.14. The van der Waals surface area contributed by atoms with Crippen LogP contribution in [0, 0.1) is 6.92 Å². The van der Waals surface area contributed by atoms with Gasteiger partial charge in [-0.25, -0.2) is 9.78 Å². The molecular weight excluding hydrogens is 419 g/mol. The first-order valence-corrected chi connectivity index (χ1v) is 11.5. The molecule has 1 aromatic carbocycles. The van der Waals surface area contributed by atoms with Crippen LogP contribution in [0.1, 0.15) is 69.3 Å². The van der Waals surface area contributed by atoms with Gasteiger partial charge in [0, 0.05) is 23.5 Å². The Balaban J connectivity index is 1.59. The lowest BCUT2D eigenvalue weighted by molar-refractivity contribution is 0.00578. The van der Waals surface area contributed by atoms with E-state index in [4.69, 9.17) is 14.0 Å². The maximum atomic E-state index is 12.6. The predicted molar refractivity (Wildman–Crippen MR) is 129 cm³/mol. The SMILES string of the molecule is COC(=O)c1cc(Nc2ncc(C)c(NC3CCCC3)n2)ccc1B1OC(C)(C)C(C)(C)O1. The highest BCUT2D eigenvalue weighted by atomic mass is 16.7. The van der Waals surface area contributed by atoms with E-state index in [1.165, 1.54) is 20.0 Å². The first-order valence-electron chi connectivity index (χ1n) is 11.5. The third-order valence-electron chi connectivity index (χ3n) is 6.89. The van der Waals surface area contributed by atoms with Crippen molar-refractivity contribution in [3.8, 4) is 0 Å². The molecule has 1 aromatic heterocycles. The van der Waals surface area contributed by atoms with E-state index >= 15 is 0 Å². The number of aromatic nitrogens is 2. The van der Waals surface area contributed by atoms with Gasteiger partial charge in [-0.2, -0.15) is 4.98 Å². The maximum Gasteiger partial charge on any atom is 0.495 e.